The van der Waals surface area contributed by atoms with Crippen LogP contribution in [0.15, 0.2) is 18.2 Å². The van der Waals surface area contributed by atoms with E-state index in [1.165, 1.54) is 24.0 Å². The molecule has 1 aliphatic carbocycles. The van der Waals surface area contributed by atoms with Crippen molar-refractivity contribution in [2.45, 2.75) is 25.3 Å². The summed E-state index contributed by atoms with van der Waals surface area (Å²) in [5.41, 5.74) is 2.74. The van der Waals surface area contributed by atoms with Gasteiger partial charge in [-0.1, -0.05) is 12.1 Å². The molecule has 1 aromatic rings. The van der Waals surface area contributed by atoms with E-state index in [2.05, 4.69) is 30.4 Å². The van der Waals surface area contributed by atoms with Gasteiger partial charge in [0.25, 0.3) is 0 Å². The Morgan fingerprint density at radius 1 is 1.36 bits per heavy atom. The highest BCUT2D eigenvalue weighted by atomic mass is 16.5. The summed E-state index contributed by atoms with van der Waals surface area (Å²) in [5.74, 6) is 1.01. The quantitative estimate of drug-likeness (QED) is 0.791. The van der Waals surface area contributed by atoms with Crippen molar-refractivity contribution in [2.75, 3.05) is 14.2 Å². The summed E-state index contributed by atoms with van der Waals surface area (Å²) in [6.45, 7) is 2.09. The van der Waals surface area contributed by atoms with Crippen LogP contribution in [-0.4, -0.2) is 14.2 Å². The number of aryl methyl sites for hydroxylation is 1. The Hall–Kier alpha value is -1.02. The van der Waals surface area contributed by atoms with Crippen LogP contribution in [0.4, 0.5) is 0 Å². The number of rotatable bonds is 3. The molecule has 0 amide bonds. The Morgan fingerprint density at radius 2 is 2.07 bits per heavy atom. The van der Waals surface area contributed by atoms with Crippen molar-refractivity contribution in [1.29, 1.82) is 0 Å². The lowest BCUT2D eigenvalue weighted by atomic mass is 10.0. The summed E-state index contributed by atoms with van der Waals surface area (Å²) >= 11 is 0. The zero-order chi connectivity index (χ0) is 10.2. The lowest BCUT2D eigenvalue weighted by molar-refractivity contribution is 0.399. The predicted molar refractivity (Wildman–Crippen MR) is 57.7 cm³/mol. The molecule has 1 N–H and O–H groups in total. The molecule has 76 valence electrons. The van der Waals surface area contributed by atoms with Gasteiger partial charge in [0.1, 0.15) is 5.75 Å². The third kappa shape index (κ3) is 1.40. The zero-order valence-electron chi connectivity index (χ0n) is 9.05. The minimum atomic E-state index is 0.193. The van der Waals surface area contributed by atoms with Crippen molar-refractivity contribution in [1.82, 2.24) is 5.32 Å². The fourth-order valence-corrected chi connectivity index (χ4v) is 1.97. The number of ether oxygens (including phenoxy) is 1. The second kappa shape index (κ2) is 3.28. The molecule has 0 unspecified atom stereocenters. The van der Waals surface area contributed by atoms with Crippen molar-refractivity contribution in [3.8, 4) is 5.75 Å². The van der Waals surface area contributed by atoms with Crippen LogP contribution in [0, 0.1) is 6.92 Å². The zero-order valence-corrected chi connectivity index (χ0v) is 9.05. The molecule has 0 aliphatic heterocycles. The van der Waals surface area contributed by atoms with Crippen LogP contribution in [0.5, 0.6) is 5.75 Å². The fraction of sp³-hybridized carbons (Fsp3) is 0.500. The van der Waals surface area contributed by atoms with Gasteiger partial charge in [-0.2, -0.15) is 0 Å². The minimum Gasteiger partial charge on any atom is -0.496 e. The van der Waals surface area contributed by atoms with Crippen LogP contribution < -0.4 is 10.1 Å². The Bertz CT molecular complexity index is 342. The number of methoxy groups -OCH3 is 1. The average Bonchev–Trinajstić information content (AvgIpc) is 2.98. The van der Waals surface area contributed by atoms with Crippen LogP contribution in [0.3, 0.4) is 0 Å². The SMILES string of the molecule is CNC1(c2ccc(C)cc2OC)CC1. The van der Waals surface area contributed by atoms with E-state index in [4.69, 9.17) is 4.74 Å². The van der Waals surface area contributed by atoms with Crippen molar-refractivity contribution in [3.05, 3.63) is 29.3 Å². The maximum Gasteiger partial charge on any atom is 0.124 e. The largest absolute Gasteiger partial charge is 0.496 e. The summed E-state index contributed by atoms with van der Waals surface area (Å²) in [5, 5.41) is 3.38. The molecule has 2 heteroatoms. The number of nitrogens with one attached hydrogen (secondary N) is 1. The van der Waals surface area contributed by atoms with E-state index >= 15 is 0 Å². The van der Waals surface area contributed by atoms with Crippen LogP contribution in [0.25, 0.3) is 0 Å². The molecule has 2 rings (SSSR count). The monoisotopic (exact) mass is 191 g/mol. The average molecular weight is 191 g/mol. The molecular formula is C12H17NO. The molecule has 0 saturated heterocycles. The maximum absolute atomic E-state index is 5.41. The normalized spacial score (nSPS) is 17.9. The van der Waals surface area contributed by atoms with Gasteiger partial charge in [0.05, 0.1) is 7.11 Å². The minimum absolute atomic E-state index is 0.193. The highest BCUT2D eigenvalue weighted by Crippen LogP contribution is 2.48. The van der Waals surface area contributed by atoms with Gasteiger partial charge in [0.15, 0.2) is 0 Å². The number of hydrogen-bond acceptors (Lipinski definition) is 2. The summed E-state index contributed by atoms with van der Waals surface area (Å²) in [6, 6.07) is 6.43. The first kappa shape index (κ1) is 9.53. The summed E-state index contributed by atoms with van der Waals surface area (Å²) in [7, 11) is 3.76. The Kier molecular flexibility index (Phi) is 2.23. The number of benzene rings is 1. The Morgan fingerprint density at radius 3 is 2.57 bits per heavy atom. The first-order chi connectivity index (χ1) is 6.72. The maximum atomic E-state index is 5.41. The van der Waals surface area contributed by atoms with Crippen LogP contribution in [-0.2, 0) is 5.54 Å². The molecule has 0 radical (unpaired) electrons. The van der Waals surface area contributed by atoms with Gasteiger partial charge >= 0.3 is 0 Å². The standard InChI is InChI=1S/C12H17NO/c1-9-4-5-10(11(8-9)14-3)12(13-2)6-7-12/h4-5,8,13H,6-7H2,1-3H3. The summed E-state index contributed by atoms with van der Waals surface area (Å²) in [4.78, 5) is 0. The van der Waals surface area contributed by atoms with Crippen molar-refractivity contribution in [3.63, 3.8) is 0 Å². The fourth-order valence-electron chi connectivity index (χ4n) is 1.97. The summed E-state index contributed by atoms with van der Waals surface area (Å²) in [6.07, 6.45) is 2.42. The van der Waals surface area contributed by atoms with Crippen molar-refractivity contribution >= 4 is 0 Å². The molecule has 1 saturated carbocycles. The van der Waals surface area contributed by atoms with E-state index in [0.29, 0.717) is 0 Å². The number of hydrogen-bond donors (Lipinski definition) is 1. The molecule has 0 heterocycles. The van der Waals surface area contributed by atoms with Crippen molar-refractivity contribution < 1.29 is 4.74 Å². The smallest absolute Gasteiger partial charge is 0.124 e. The molecular weight excluding hydrogens is 174 g/mol. The van der Waals surface area contributed by atoms with Gasteiger partial charge in [-0.25, -0.2) is 0 Å². The first-order valence-corrected chi connectivity index (χ1v) is 5.06. The van der Waals surface area contributed by atoms with Crippen LogP contribution in [0.2, 0.25) is 0 Å². The molecule has 0 bridgehead atoms. The summed E-state index contributed by atoms with van der Waals surface area (Å²) < 4.78 is 5.41. The third-order valence-electron chi connectivity index (χ3n) is 3.10. The van der Waals surface area contributed by atoms with Gasteiger partial charge < -0.3 is 10.1 Å². The van der Waals surface area contributed by atoms with Gasteiger partial charge in [0.2, 0.25) is 0 Å². The lowest BCUT2D eigenvalue weighted by Crippen LogP contribution is -2.25. The van der Waals surface area contributed by atoms with E-state index in [1.54, 1.807) is 7.11 Å². The molecule has 0 spiro atoms. The molecule has 1 aromatic carbocycles. The topological polar surface area (TPSA) is 21.3 Å². The van der Waals surface area contributed by atoms with E-state index in [0.717, 1.165) is 5.75 Å². The first-order valence-electron chi connectivity index (χ1n) is 5.06. The van der Waals surface area contributed by atoms with E-state index in [-0.39, 0.29) is 5.54 Å². The van der Waals surface area contributed by atoms with Crippen LogP contribution >= 0.6 is 0 Å². The van der Waals surface area contributed by atoms with Crippen molar-refractivity contribution in [2.24, 2.45) is 0 Å². The molecule has 14 heavy (non-hydrogen) atoms. The van der Waals surface area contributed by atoms with E-state index in [1.807, 2.05) is 7.05 Å². The lowest BCUT2D eigenvalue weighted by Gasteiger charge is -2.18. The Labute approximate surface area is 85.3 Å². The van der Waals surface area contributed by atoms with E-state index < -0.39 is 0 Å². The second-order valence-electron chi connectivity index (χ2n) is 4.04. The molecule has 2 nitrogen and oxygen atoms in total. The van der Waals surface area contributed by atoms with Gasteiger partial charge in [0, 0.05) is 11.1 Å². The van der Waals surface area contributed by atoms with Gasteiger partial charge in [-0.3, -0.25) is 0 Å². The highest BCUT2D eigenvalue weighted by Gasteiger charge is 2.44. The molecule has 1 fully saturated rings. The van der Waals surface area contributed by atoms with Gasteiger partial charge in [-0.15, -0.1) is 0 Å². The van der Waals surface area contributed by atoms with E-state index in [9.17, 15) is 0 Å². The van der Waals surface area contributed by atoms with Gasteiger partial charge in [-0.05, 0) is 38.4 Å². The van der Waals surface area contributed by atoms with Crippen LogP contribution in [0.1, 0.15) is 24.0 Å². The highest BCUT2D eigenvalue weighted by molar-refractivity contribution is 5.44. The molecule has 1 aliphatic rings. The predicted octanol–water partition coefficient (Wildman–Crippen LogP) is 2.21. The molecule has 0 aromatic heterocycles. The molecule has 0 atom stereocenters. The second-order valence-corrected chi connectivity index (χ2v) is 4.04. The Balaban J connectivity index is 2.42. The third-order valence-corrected chi connectivity index (χ3v) is 3.10.